The maximum Gasteiger partial charge on any atom is 0.204 e. The Morgan fingerprint density at radius 2 is 1.09 bits per heavy atom. The molecule has 3 aliphatic rings. The largest absolute Gasteiger partial charge is 0.511 e. The third kappa shape index (κ3) is 4.66. The van der Waals surface area contributed by atoms with Crippen LogP contribution in [0.1, 0.15) is 40.7 Å². The molecule has 0 radical (unpaired) electrons. The highest BCUT2D eigenvalue weighted by molar-refractivity contribution is 6.43. The molecule has 5 aromatic carbocycles. The smallest absolute Gasteiger partial charge is 0.204 e. The predicted octanol–water partition coefficient (Wildman–Crippen LogP) is 7.13. The molecule has 6 aromatic rings. The lowest BCUT2D eigenvalue weighted by Gasteiger charge is -2.24. The van der Waals surface area contributed by atoms with E-state index in [0.29, 0.717) is 17.6 Å². The number of allylic oxidation sites excluding steroid dienone is 7. The van der Waals surface area contributed by atoms with Gasteiger partial charge in [-0.15, -0.1) is 0 Å². The molecule has 10 heteroatoms. The Bertz CT molecular complexity index is 2920. The van der Waals surface area contributed by atoms with Crippen LogP contribution in [0.2, 0.25) is 0 Å². The molecule has 8 nitrogen and oxygen atoms in total. The van der Waals surface area contributed by atoms with Crippen molar-refractivity contribution in [1.29, 1.82) is 0 Å². The van der Waals surface area contributed by atoms with Crippen molar-refractivity contribution in [2.75, 3.05) is 0 Å². The van der Waals surface area contributed by atoms with Gasteiger partial charge < -0.3 is 40.2 Å². The second-order valence-corrected chi connectivity index (χ2v) is 13.9. The van der Waals surface area contributed by atoms with Gasteiger partial charge in [-0.05, 0) is 73.8 Å². The average Bonchev–Trinajstić information content (AvgIpc) is 3.29. The number of furan rings is 1. The van der Waals surface area contributed by atoms with E-state index < -0.39 is 46.5 Å². The number of aromatic hydroxyl groups is 2. The molecular formula is C44H32B2O8. The molecule has 7 N–H and O–H groups in total. The third-order valence-corrected chi connectivity index (χ3v) is 10.9. The van der Waals surface area contributed by atoms with E-state index >= 15 is 0 Å². The maximum atomic E-state index is 12.0. The topological polar surface area (TPSA) is 155 Å². The molecule has 2 bridgehead atoms. The first-order chi connectivity index (χ1) is 26.1. The summed E-state index contributed by atoms with van der Waals surface area (Å²) in [4.78, 5) is 0. The van der Waals surface area contributed by atoms with Crippen LogP contribution >= 0.6 is 0 Å². The summed E-state index contributed by atoms with van der Waals surface area (Å²) in [5.74, 6) is -5.04. The molecule has 0 atom stereocenters. The van der Waals surface area contributed by atoms with Crippen molar-refractivity contribution in [2.24, 2.45) is 0 Å². The highest BCUT2D eigenvalue weighted by atomic mass is 16.4. The van der Waals surface area contributed by atoms with Gasteiger partial charge in [0.1, 0.15) is 49.9 Å². The number of hydrogen-bond acceptors (Lipinski definition) is 8. The summed E-state index contributed by atoms with van der Waals surface area (Å²) in [5, 5.41) is 81.4. The Hall–Kier alpha value is -6.93. The van der Waals surface area contributed by atoms with Crippen LogP contribution in [0.25, 0.3) is 49.4 Å². The van der Waals surface area contributed by atoms with Crippen LogP contribution in [0.3, 0.4) is 0 Å². The summed E-state index contributed by atoms with van der Waals surface area (Å²) >= 11 is 0. The van der Waals surface area contributed by atoms with E-state index in [-0.39, 0.29) is 22.2 Å². The first-order valence-electron chi connectivity index (χ1n) is 17.5. The normalized spacial score (nSPS) is 16.1. The quantitative estimate of drug-likeness (QED) is 0.0958. The van der Waals surface area contributed by atoms with Gasteiger partial charge in [-0.2, -0.15) is 0 Å². The number of hydrogen-bond donors (Lipinski definition) is 7. The van der Waals surface area contributed by atoms with Crippen molar-refractivity contribution in [1.82, 2.24) is 0 Å². The minimum Gasteiger partial charge on any atom is -0.511 e. The van der Waals surface area contributed by atoms with Gasteiger partial charge in [-0.25, -0.2) is 0 Å². The number of aliphatic hydroxyl groups is 5. The minimum absolute atomic E-state index is 0.0595. The Labute approximate surface area is 310 Å². The fraction of sp³-hybridized carbons (Fsp3) is 0.0455. The molecule has 0 fully saturated rings. The van der Waals surface area contributed by atoms with E-state index in [0.717, 1.165) is 66.1 Å². The Balaban J connectivity index is 1.35. The van der Waals surface area contributed by atoms with E-state index in [1.54, 1.807) is 7.85 Å². The van der Waals surface area contributed by atoms with Crippen molar-refractivity contribution in [2.45, 2.75) is 12.8 Å². The van der Waals surface area contributed by atoms with E-state index in [1.165, 1.54) is 7.85 Å². The molecule has 1 heterocycles. The third-order valence-electron chi connectivity index (χ3n) is 10.9. The van der Waals surface area contributed by atoms with Crippen LogP contribution in [0.15, 0.2) is 148 Å². The second kappa shape index (κ2) is 12.1. The molecule has 0 spiro atoms. The second-order valence-electron chi connectivity index (χ2n) is 13.9. The van der Waals surface area contributed by atoms with Crippen molar-refractivity contribution >= 4 is 76.0 Å². The zero-order valence-electron chi connectivity index (χ0n) is 29.3. The maximum absolute atomic E-state index is 12.0. The molecule has 0 saturated carbocycles. The SMILES string of the molecule is Bc1c(O)c(C2=C(O)CC(O)=C(O)C(O)=C2O)c(B)c(C2=C3C=CC=CC(=C(c4cccc5oc6ccc7ccccc7c6c45)c4ccccc42)C3)c1O. The summed E-state index contributed by atoms with van der Waals surface area (Å²) in [6.45, 7) is 0. The van der Waals surface area contributed by atoms with Crippen LogP contribution in [0.4, 0.5) is 0 Å². The summed E-state index contributed by atoms with van der Waals surface area (Å²) in [6.07, 6.45) is 7.85. The van der Waals surface area contributed by atoms with Crippen LogP contribution < -0.4 is 10.9 Å². The lowest BCUT2D eigenvalue weighted by molar-refractivity contribution is 0.260. The van der Waals surface area contributed by atoms with Crippen molar-refractivity contribution in [3.63, 3.8) is 0 Å². The number of phenols is 2. The monoisotopic (exact) mass is 710 g/mol. The van der Waals surface area contributed by atoms with Gasteiger partial charge in [0, 0.05) is 21.9 Å². The zero-order chi connectivity index (χ0) is 37.6. The van der Waals surface area contributed by atoms with Crippen LogP contribution in [-0.2, 0) is 0 Å². The molecule has 54 heavy (non-hydrogen) atoms. The molecule has 1 aromatic heterocycles. The van der Waals surface area contributed by atoms with E-state index in [4.69, 9.17) is 4.42 Å². The van der Waals surface area contributed by atoms with Crippen LogP contribution in [-0.4, -0.2) is 51.4 Å². The molecule has 9 rings (SSSR count). The van der Waals surface area contributed by atoms with Gasteiger partial charge in [-0.3, -0.25) is 0 Å². The zero-order valence-corrected chi connectivity index (χ0v) is 29.3. The minimum atomic E-state index is -1.07. The number of benzene rings is 5. The van der Waals surface area contributed by atoms with Crippen molar-refractivity contribution in [3.8, 4) is 11.5 Å². The average molecular weight is 710 g/mol. The predicted molar refractivity (Wildman–Crippen MR) is 217 cm³/mol. The van der Waals surface area contributed by atoms with E-state index in [2.05, 4.69) is 36.4 Å². The van der Waals surface area contributed by atoms with Gasteiger partial charge in [0.05, 0.1) is 12.0 Å². The molecular weight excluding hydrogens is 678 g/mol. The van der Waals surface area contributed by atoms with Gasteiger partial charge in [0.15, 0.2) is 11.5 Å². The number of phenolic OH excluding ortho intramolecular Hbond substituents is 2. The molecule has 0 aliphatic heterocycles. The summed E-state index contributed by atoms with van der Waals surface area (Å²) < 4.78 is 6.48. The van der Waals surface area contributed by atoms with Crippen molar-refractivity contribution < 1.29 is 40.2 Å². The Morgan fingerprint density at radius 1 is 0.481 bits per heavy atom. The molecule has 262 valence electrons. The lowest BCUT2D eigenvalue weighted by Crippen LogP contribution is -2.25. The first kappa shape index (κ1) is 32.9. The number of aliphatic hydroxyl groups excluding tert-OH is 5. The summed E-state index contributed by atoms with van der Waals surface area (Å²) in [5.41, 5.74) is 7.94. The van der Waals surface area contributed by atoms with Gasteiger partial charge in [0.2, 0.25) is 5.76 Å². The Kier molecular flexibility index (Phi) is 7.36. The van der Waals surface area contributed by atoms with Gasteiger partial charge in [-0.1, -0.05) is 96.5 Å². The fourth-order valence-electron chi connectivity index (χ4n) is 8.36. The Morgan fingerprint density at radius 3 is 1.83 bits per heavy atom. The van der Waals surface area contributed by atoms with Gasteiger partial charge in [0.25, 0.3) is 0 Å². The highest BCUT2D eigenvalue weighted by Crippen LogP contribution is 2.49. The first-order valence-corrected chi connectivity index (χ1v) is 17.5. The molecule has 0 unspecified atom stereocenters. The molecule has 0 saturated heterocycles. The van der Waals surface area contributed by atoms with Crippen LogP contribution in [0, 0.1) is 0 Å². The number of fused-ring (bicyclic) bond motifs is 8. The van der Waals surface area contributed by atoms with Crippen molar-refractivity contribution in [3.05, 3.63) is 171 Å². The standard InChI is InChI=1S/C44H32B2O8/c45-38-36(41(50)39(46)42(51)37(38)35-27(47)19-28(48)40(49)44(53)43(35)52)32-22-10-2-1-9-21(18-22)31(24-12-5-6-13-25(24)32)26-14-7-15-29-34(26)33-23-11-4-3-8-20(23)16-17-30(33)54-29/h1-17,47-53H,18-19,45-46H2. The molecule has 3 aliphatic carbocycles. The summed E-state index contributed by atoms with van der Waals surface area (Å²) in [7, 11) is 3.16. The number of rotatable bonds is 3. The van der Waals surface area contributed by atoms with Crippen LogP contribution in [0.5, 0.6) is 11.5 Å². The molecule has 0 amide bonds. The van der Waals surface area contributed by atoms with Gasteiger partial charge >= 0.3 is 0 Å². The highest BCUT2D eigenvalue weighted by Gasteiger charge is 2.34. The lowest BCUT2D eigenvalue weighted by atomic mass is 9.72. The fourth-order valence-corrected chi connectivity index (χ4v) is 8.36. The van der Waals surface area contributed by atoms with E-state index in [1.807, 2.05) is 66.8 Å². The van der Waals surface area contributed by atoms with E-state index in [9.17, 15) is 35.7 Å². The summed E-state index contributed by atoms with van der Waals surface area (Å²) in [6, 6.07) is 26.4.